The van der Waals surface area contributed by atoms with E-state index >= 15 is 0 Å². The van der Waals surface area contributed by atoms with Crippen LogP contribution in [0.15, 0.2) is 31.8 Å². The monoisotopic (exact) mass is 351 g/mol. The number of thiazole rings is 1. The van der Waals surface area contributed by atoms with Crippen LogP contribution in [0.2, 0.25) is 0 Å². The standard InChI is InChI=1S/C14H17N5O4S/c1-8(2)23-17-9(3)10-5-15-14(22)19(12(10)20)18(4)13(21)11-6-24-7-16-11/h5-8H,1-4H3,(H,15,22)/b17-9+. The molecule has 0 saturated carbocycles. The number of amides is 1. The summed E-state index contributed by atoms with van der Waals surface area (Å²) in [5, 5.41) is 6.29. The van der Waals surface area contributed by atoms with E-state index in [9.17, 15) is 14.4 Å². The van der Waals surface area contributed by atoms with Gasteiger partial charge in [0, 0.05) is 18.6 Å². The number of carbonyl (C=O) groups is 1. The van der Waals surface area contributed by atoms with Crippen LogP contribution in [-0.4, -0.2) is 39.4 Å². The van der Waals surface area contributed by atoms with E-state index in [0.717, 1.165) is 5.01 Å². The Morgan fingerprint density at radius 2 is 2.17 bits per heavy atom. The van der Waals surface area contributed by atoms with Crippen LogP contribution in [0.4, 0.5) is 0 Å². The van der Waals surface area contributed by atoms with Crippen LogP contribution in [0.1, 0.15) is 36.8 Å². The summed E-state index contributed by atoms with van der Waals surface area (Å²) in [6.07, 6.45) is 1.09. The second kappa shape index (κ2) is 7.21. The lowest BCUT2D eigenvalue weighted by Crippen LogP contribution is -2.52. The average Bonchev–Trinajstić information content (AvgIpc) is 3.06. The topological polar surface area (TPSA) is 110 Å². The van der Waals surface area contributed by atoms with Gasteiger partial charge in [-0.1, -0.05) is 5.16 Å². The molecule has 0 unspecified atom stereocenters. The first-order valence-corrected chi connectivity index (χ1v) is 7.99. The van der Waals surface area contributed by atoms with Gasteiger partial charge in [0.25, 0.3) is 11.5 Å². The molecule has 10 heteroatoms. The van der Waals surface area contributed by atoms with Crippen molar-refractivity contribution in [1.29, 1.82) is 0 Å². The Balaban J connectivity index is 2.46. The predicted molar refractivity (Wildman–Crippen MR) is 90.3 cm³/mol. The van der Waals surface area contributed by atoms with Gasteiger partial charge in [0.2, 0.25) is 0 Å². The van der Waals surface area contributed by atoms with Crippen molar-refractivity contribution in [3.05, 3.63) is 49.2 Å². The van der Waals surface area contributed by atoms with Crippen molar-refractivity contribution in [3.63, 3.8) is 0 Å². The minimum Gasteiger partial charge on any atom is -0.393 e. The van der Waals surface area contributed by atoms with E-state index in [1.807, 2.05) is 0 Å². The lowest BCUT2D eigenvalue weighted by molar-refractivity contribution is 0.0860. The molecule has 9 nitrogen and oxygen atoms in total. The van der Waals surface area contributed by atoms with Gasteiger partial charge in [0.15, 0.2) is 0 Å². The third-order valence-corrected chi connectivity index (χ3v) is 3.58. The minimum absolute atomic E-state index is 0.119. The minimum atomic E-state index is -0.743. The summed E-state index contributed by atoms with van der Waals surface area (Å²) in [6, 6.07) is 0. The highest BCUT2D eigenvalue weighted by molar-refractivity contribution is 7.07. The number of oxime groups is 1. The molecule has 2 rings (SSSR count). The molecule has 1 amide bonds. The molecular weight excluding hydrogens is 334 g/mol. The summed E-state index contributed by atoms with van der Waals surface area (Å²) in [5.74, 6) is -0.575. The number of aromatic nitrogens is 3. The normalized spacial score (nSPS) is 11.6. The van der Waals surface area contributed by atoms with Crippen molar-refractivity contribution < 1.29 is 9.63 Å². The molecule has 0 fully saturated rings. The van der Waals surface area contributed by atoms with Crippen LogP contribution in [0.3, 0.4) is 0 Å². The largest absolute Gasteiger partial charge is 0.393 e. The molecule has 0 aliphatic heterocycles. The Hall–Kier alpha value is -2.75. The van der Waals surface area contributed by atoms with E-state index in [4.69, 9.17) is 4.84 Å². The zero-order chi connectivity index (χ0) is 17.9. The van der Waals surface area contributed by atoms with Crippen molar-refractivity contribution >= 4 is 23.0 Å². The quantitative estimate of drug-likeness (QED) is 0.625. The van der Waals surface area contributed by atoms with E-state index in [-0.39, 0.29) is 23.1 Å². The summed E-state index contributed by atoms with van der Waals surface area (Å²) in [5.41, 5.74) is 0.616. The number of hydrogen-bond donors (Lipinski definition) is 1. The maximum absolute atomic E-state index is 12.6. The van der Waals surface area contributed by atoms with Crippen molar-refractivity contribution in [2.24, 2.45) is 5.16 Å². The number of carbonyl (C=O) groups excluding carboxylic acids is 1. The number of hydrogen-bond acceptors (Lipinski definition) is 7. The average molecular weight is 351 g/mol. The lowest BCUT2D eigenvalue weighted by atomic mass is 10.2. The van der Waals surface area contributed by atoms with Crippen LogP contribution in [0.5, 0.6) is 0 Å². The van der Waals surface area contributed by atoms with E-state index in [0.29, 0.717) is 4.68 Å². The molecule has 0 atom stereocenters. The molecule has 0 aromatic carbocycles. The van der Waals surface area contributed by atoms with Gasteiger partial charge >= 0.3 is 5.69 Å². The molecule has 2 aromatic rings. The summed E-state index contributed by atoms with van der Waals surface area (Å²) in [6.45, 7) is 5.16. The predicted octanol–water partition coefficient (Wildman–Crippen LogP) is 0.550. The van der Waals surface area contributed by atoms with Crippen LogP contribution in [0.25, 0.3) is 0 Å². The highest BCUT2D eigenvalue weighted by Gasteiger charge is 2.20. The van der Waals surface area contributed by atoms with Gasteiger partial charge in [-0.2, -0.15) is 4.68 Å². The highest BCUT2D eigenvalue weighted by Crippen LogP contribution is 2.03. The molecule has 2 aromatic heterocycles. The molecular formula is C14H17N5O4S. The van der Waals surface area contributed by atoms with Crippen molar-refractivity contribution in [2.75, 3.05) is 12.1 Å². The highest BCUT2D eigenvalue weighted by atomic mass is 32.1. The first kappa shape index (κ1) is 17.6. The molecule has 0 bridgehead atoms. The number of nitrogens with zero attached hydrogens (tertiary/aromatic N) is 4. The van der Waals surface area contributed by atoms with Crippen molar-refractivity contribution in [1.82, 2.24) is 14.6 Å². The molecule has 24 heavy (non-hydrogen) atoms. The summed E-state index contributed by atoms with van der Waals surface area (Å²) in [7, 11) is 1.32. The first-order chi connectivity index (χ1) is 11.3. The third kappa shape index (κ3) is 3.59. The Labute approximate surface area is 141 Å². The zero-order valence-electron chi connectivity index (χ0n) is 13.6. The number of nitrogens with one attached hydrogen (secondary N) is 1. The van der Waals surface area contributed by atoms with Gasteiger partial charge in [-0.3, -0.25) is 9.59 Å². The Bertz CT molecular complexity index is 866. The molecule has 0 aliphatic carbocycles. The number of H-pyrrole nitrogens is 1. The summed E-state index contributed by atoms with van der Waals surface area (Å²) < 4.78 is 0.700. The number of rotatable bonds is 5. The van der Waals surface area contributed by atoms with E-state index in [1.165, 1.54) is 35.5 Å². The van der Waals surface area contributed by atoms with Gasteiger partial charge in [-0.25, -0.2) is 14.8 Å². The third-order valence-electron chi connectivity index (χ3n) is 2.99. The van der Waals surface area contributed by atoms with Crippen LogP contribution in [-0.2, 0) is 4.84 Å². The fourth-order valence-electron chi connectivity index (χ4n) is 1.80. The lowest BCUT2D eigenvalue weighted by Gasteiger charge is -2.17. The first-order valence-electron chi connectivity index (χ1n) is 7.05. The maximum Gasteiger partial charge on any atom is 0.347 e. The smallest absolute Gasteiger partial charge is 0.347 e. The second-order valence-corrected chi connectivity index (χ2v) is 5.88. The number of aromatic amines is 1. The Morgan fingerprint density at radius 1 is 1.46 bits per heavy atom. The Morgan fingerprint density at radius 3 is 2.75 bits per heavy atom. The van der Waals surface area contributed by atoms with Gasteiger partial charge in [0.1, 0.15) is 11.8 Å². The summed E-state index contributed by atoms with van der Waals surface area (Å²) in [4.78, 5) is 48.3. The van der Waals surface area contributed by atoms with Crippen LogP contribution < -0.4 is 16.3 Å². The van der Waals surface area contributed by atoms with E-state index in [1.54, 1.807) is 20.8 Å². The van der Waals surface area contributed by atoms with Gasteiger partial charge in [-0.05, 0) is 20.8 Å². The fourth-order valence-corrected chi connectivity index (χ4v) is 2.33. The molecule has 1 N–H and O–H groups in total. The van der Waals surface area contributed by atoms with Crippen molar-refractivity contribution in [2.45, 2.75) is 26.9 Å². The fraction of sp³-hybridized carbons (Fsp3) is 0.357. The van der Waals surface area contributed by atoms with Crippen molar-refractivity contribution in [3.8, 4) is 0 Å². The Kier molecular flexibility index (Phi) is 5.29. The van der Waals surface area contributed by atoms with E-state index in [2.05, 4.69) is 15.1 Å². The molecule has 2 heterocycles. The maximum atomic E-state index is 12.6. The SMILES string of the molecule is C/C(=N\OC(C)C)c1c[nH]c(=O)n(N(C)C(=O)c2cscn2)c1=O. The summed E-state index contributed by atoms with van der Waals surface area (Å²) >= 11 is 1.24. The van der Waals surface area contributed by atoms with Gasteiger partial charge < -0.3 is 9.82 Å². The van der Waals surface area contributed by atoms with E-state index < -0.39 is 17.2 Å². The second-order valence-electron chi connectivity index (χ2n) is 5.16. The molecule has 128 valence electrons. The molecule has 0 spiro atoms. The molecule has 0 saturated heterocycles. The van der Waals surface area contributed by atoms with Crippen LogP contribution >= 0.6 is 11.3 Å². The zero-order valence-corrected chi connectivity index (χ0v) is 14.5. The molecule has 0 radical (unpaired) electrons. The van der Waals surface area contributed by atoms with Gasteiger partial charge in [-0.15, -0.1) is 11.3 Å². The van der Waals surface area contributed by atoms with Crippen LogP contribution in [0, 0.1) is 0 Å². The molecule has 0 aliphatic rings. The van der Waals surface area contributed by atoms with Gasteiger partial charge in [0.05, 0.1) is 16.8 Å².